The fourth-order valence-electron chi connectivity index (χ4n) is 3.56. The van der Waals surface area contributed by atoms with E-state index in [-0.39, 0.29) is 6.04 Å². The van der Waals surface area contributed by atoms with E-state index >= 15 is 0 Å². The van der Waals surface area contributed by atoms with Crippen LogP contribution in [-0.2, 0) is 0 Å². The van der Waals surface area contributed by atoms with E-state index < -0.39 is 0 Å². The molecule has 3 nitrogen and oxygen atoms in total. The van der Waals surface area contributed by atoms with E-state index in [1.807, 2.05) is 12.1 Å². The quantitative estimate of drug-likeness (QED) is 0.930. The fraction of sp³-hybridized carbons (Fsp3) is 0.529. The maximum Gasteiger partial charge on any atom is 0.134 e. The van der Waals surface area contributed by atoms with Crippen LogP contribution in [0.1, 0.15) is 37.1 Å². The molecule has 2 unspecified atom stereocenters. The van der Waals surface area contributed by atoms with Crippen molar-refractivity contribution in [3.8, 4) is 0 Å². The molecule has 0 amide bonds. The van der Waals surface area contributed by atoms with Crippen LogP contribution in [0.2, 0.25) is 0 Å². The summed E-state index contributed by atoms with van der Waals surface area (Å²) in [7, 11) is 0. The van der Waals surface area contributed by atoms with E-state index in [1.54, 1.807) is 0 Å². The minimum absolute atomic E-state index is 0.279. The van der Waals surface area contributed by atoms with Crippen molar-refractivity contribution in [2.75, 3.05) is 19.6 Å². The Kier molecular flexibility index (Phi) is 3.81. The smallest absolute Gasteiger partial charge is 0.134 e. The van der Waals surface area contributed by atoms with Crippen LogP contribution in [0, 0.1) is 12.8 Å². The van der Waals surface area contributed by atoms with Crippen LogP contribution in [0.15, 0.2) is 28.7 Å². The minimum atomic E-state index is 0.279. The van der Waals surface area contributed by atoms with Gasteiger partial charge in [0.15, 0.2) is 0 Å². The second kappa shape index (κ2) is 5.58. The molecule has 1 aliphatic rings. The summed E-state index contributed by atoms with van der Waals surface area (Å²) in [4.78, 5) is 2.54. The Morgan fingerprint density at radius 2 is 2.20 bits per heavy atom. The molecule has 2 atom stereocenters. The summed E-state index contributed by atoms with van der Waals surface area (Å²) in [5.74, 6) is 1.77. The van der Waals surface area contributed by atoms with E-state index in [4.69, 9.17) is 10.2 Å². The Balaban J connectivity index is 2.00. The lowest BCUT2D eigenvalue weighted by atomic mass is 9.95. The SMILES string of the molecule is Cc1oc2ccccc2c1C(CN)N1CCCC(C)C1. The van der Waals surface area contributed by atoms with Crippen molar-refractivity contribution < 1.29 is 4.42 Å². The van der Waals surface area contributed by atoms with Crippen molar-refractivity contribution in [1.82, 2.24) is 4.90 Å². The van der Waals surface area contributed by atoms with Gasteiger partial charge in [0, 0.05) is 24.0 Å². The van der Waals surface area contributed by atoms with Crippen LogP contribution in [0.5, 0.6) is 0 Å². The monoisotopic (exact) mass is 272 g/mol. The predicted octanol–water partition coefficient (Wildman–Crippen LogP) is 3.47. The second-order valence-corrected chi connectivity index (χ2v) is 6.06. The van der Waals surface area contributed by atoms with Crippen molar-refractivity contribution in [3.63, 3.8) is 0 Å². The summed E-state index contributed by atoms with van der Waals surface area (Å²) in [5.41, 5.74) is 8.38. The van der Waals surface area contributed by atoms with Crippen LogP contribution in [-0.4, -0.2) is 24.5 Å². The first-order valence-corrected chi connectivity index (χ1v) is 7.63. The van der Waals surface area contributed by atoms with Gasteiger partial charge in [-0.15, -0.1) is 0 Å². The lowest BCUT2D eigenvalue weighted by Crippen LogP contribution is -2.40. The maximum atomic E-state index is 6.12. The standard InChI is InChI=1S/C17H24N2O/c1-12-6-5-9-19(11-12)15(10-18)17-13(2)20-16-8-4-3-7-14(16)17/h3-4,7-8,12,15H,5-6,9-11,18H2,1-2H3. The van der Waals surface area contributed by atoms with Crippen LogP contribution in [0.3, 0.4) is 0 Å². The molecule has 0 bridgehead atoms. The largest absolute Gasteiger partial charge is 0.461 e. The molecule has 2 aromatic rings. The first kappa shape index (κ1) is 13.7. The molecule has 20 heavy (non-hydrogen) atoms. The number of likely N-dealkylation sites (tertiary alicyclic amines) is 1. The van der Waals surface area contributed by atoms with Crippen molar-refractivity contribution in [1.29, 1.82) is 0 Å². The number of aryl methyl sites for hydroxylation is 1. The number of para-hydroxylation sites is 1. The average Bonchev–Trinajstić information content (AvgIpc) is 2.77. The Morgan fingerprint density at radius 1 is 1.40 bits per heavy atom. The number of hydrogen-bond acceptors (Lipinski definition) is 3. The highest BCUT2D eigenvalue weighted by molar-refractivity contribution is 5.82. The van der Waals surface area contributed by atoms with Gasteiger partial charge in [0.1, 0.15) is 11.3 Å². The zero-order chi connectivity index (χ0) is 14.1. The Morgan fingerprint density at radius 3 is 2.95 bits per heavy atom. The summed E-state index contributed by atoms with van der Waals surface area (Å²) in [6.45, 7) is 7.33. The van der Waals surface area contributed by atoms with E-state index in [0.29, 0.717) is 6.54 Å². The highest BCUT2D eigenvalue weighted by Crippen LogP contribution is 2.34. The summed E-state index contributed by atoms with van der Waals surface area (Å²) < 4.78 is 5.92. The highest BCUT2D eigenvalue weighted by Gasteiger charge is 2.28. The Hall–Kier alpha value is -1.32. The van der Waals surface area contributed by atoms with E-state index in [1.165, 1.54) is 23.8 Å². The third-order valence-corrected chi connectivity index (χ3v) is 4.51. The van der Waals surface area contributed by atoms with Crippen LogP contribution >= 0.6 is 0 Å². The van der Waals surface area contributed by atoms with Gasteiger partial charge in [-0.1, -0.05) is 25.1 Å². The summed E-state index contributed by atoms with van der Waals surface area (Å²) in [5, 5.41) is 1.22. The van der Waals surface area contributed by atoms with Gasteiger partial charge in [0.25, 0.3) is 0 Å². The van der Waals surface area contributed by atoms with Gasteiger partial charge >= 0.3 is 0 Å². The number of fused-ring (bicyclic) bond motifs is 1. The van der Waals surface area contributed by atoms with Gasteiger partial charge in [-0.2, -0.15) is 0 Å². The summed E-state index contributed by atoms with van der Waals surface area (Å²) >= 11 is 0. The van der Waals surface area contributed by atoms with Gasteiger partial charge in [0.2, 0.25) is 0 Å². The fourth-order valence-corrected chi connectivity index (χ4v) is 3.56. The maximum absolute atomic E-state index is 6.12. The molecule has 1 fully saturated rings. The second-order valence-electron chi connectivity index (χ2n) is 6.06. The van der Waals surface area contributed by atoms with Gasteiger partial charge in [-0.3, -0.25) is 4.90 Å². The van der Waals surface area contributed by atoms with Crippen LogP contribution in [0.4, 0.5) is 0 Å². The molecule has 1 aromatic carbocycles. The molecular formula is C17H24N2O. The number of rotatable bonds is 3. The number of furan rings is 1. The van der Waals surface area contributed by atoms with Crippen molar-refractivity contribution in [2.45, 2.75) is 32.7 Å². The van der Waals surface area contributed by atoms with Gasteiger partial charge in [0.05, 0.1) is 6.04 Å². The predicted molar refractivity (Wildman–Crippen MR) is 82.7 cm³/mol. The van der Waals surface area contributed by atoms with E-state index in [9.17, 15) is 0 Å². The molecule has 0 saturated carbocycles. The summed E-state index contributed by atoms with van der Waals surface area (Å²) in [6, 6.07) is 8.57. The molecule has 1 aromatic heterocycles. The zero-order valence-electron chi connectivity index (χ0n) is 12.4. The van der Waals surface area contributed by atoms with Crippen LogP contribution < -0.4 is 5.73 Å². The lowest BCUT2D eigenvalue weighted by molar-refractivity contribution is 0.133. The lowest BCUT2D eigenvalue weighted by Gasteiger charge is -2.36. The topological polar surface area (TPSA) is 42.4 Å². The zero-order valence-corrected chi connectivity index (χ0v) is 12.4. The van der Waals surface area contributed by atoms with E-state index in [0.717, 1.165) is 30.4 Å². The summed E-state index contributed by atoms with van der Waals surface area (Å²) in [6.07, 6.45) is 2.60. The van der Waals surface area contributed by atoms with E-state index in [2.05, 4.69) is 30.9 Å². The normalized spacial score (nSPS) is 22.2. The molecule has 0 aliphatic carbocycles. The van der Waals surface area contributed by atoms with Crippen molar-refractivity contribution in [2.24, 2.45) is 11.7 Å². The average molecular weight is 272 g/mol. The third-order valence-electron chi connectivity index (χ3n) is 4.51. The molecule has 1 saturated heterocycles. The Bertz CT molecular complexity index is 590. The molecule has 1 aliphatic heterocycles. The Labute approximate surface area is 120 Å². The first-order chi connectivity index (χ1) is 9.70. The molecule has 2 heterocycles. The number of nitrogens with zero attached hydrogens (tertiary/aromatic N) is 1. The molecule has 2 N–H and O–H groups in total. The third kappa shape index (κ3) is 2.36. The molecule has 108 valence electrons. The first-order valence-electron chi connectivity index (χ1n) is 7.63. The highest BCUT2D eigenvalue weighted by atomic mass is 16.3. The number of benzene rings is 1. The molecule has 3 rings (SSSR count). The van der Waals surface area contributed by atoms with Crippen molar-refractivity contribution >= 4 is 11.0 Å². The number of piperidine rings is 1. The molecule has 0 spiro atoms. The molecule has 3 heteroatoms. The number of nitrogens with two attached hydrogens (primary N) is 1. The van der Waals surface area contributed by atoms with Crippen LogP contribution in [0.25, 0.3) is 11.0 Å². The van der Waals surface area contributed by atoms with Gasteiger partial charge in [-0.05, 0) is 38.3 Å². The molecule has 0 radical (unpaired) electrons. The van der Waals surface area contributed by atoms with Gasteiger partial charge < -0.3 is 10.2 Å². The molecular weight excluding hydrogens is 248 g/mol. The minimum Gasteiger partial charge on any atom is -0.461 e. The van der Waals surface area contributed by atoms with Crippen molar-refractivity contribution in [3.05, 3.63) is 35.6 Å². The number of hydrogen-bond donors (Lipinski definition) is 1. The van der Waals surface area contributed by atoms with Gasteiger partial charge in [-0.25, -0.2) is 0 Å².